The van der Waals surface area contributed by atoms with Crippen LogP contribution in [0.4, 0.5) is 5.95 Å². The number of aromatic hydroxyl groups is 1. The molecule has 1 aromatic carbocycles. The standard InChI is InChI=1S/C11H12Br2N6O/c1-2-9-16-18-11(19(9)14)17-15-5-6-3-7(12)10(20)8(13)4-6/h3-5,20H,2,14H2,1H3,(H,17,18)/b15-5-. The monoisotopic (exact) mass is 402 g/mol. The predicted molar refractivity (Wildman–Crippen MR) is 84.3 cm³/mol. The maximum Gasteiger partial charge on any atom is 0.263 e. The second-order valence-corrected chi connectivity index (χ2v) is 5.58. The molecule has 9 heteroatoms. The molecule has 0 amide bonds. The molecule has 0 atom stereocenters. The quantitative estimate of drug-likeness (QED) is 0.412. The minimum atomic E-state index is 0.143. The fourth-order valence-electron chi connectivity index (χ4n) is 1.47. The molecule has 7 nitrogen and oxygen atoms in total. The Kier molecular flexibility index (Phi) is 4.61. The zero-order valence-electron chi connectivity index (χ0n) is 10.5. The highest BCUT2D eigenvalue weighted by Gasteiger charge is 2.07. The first-order valence-electron chi connectivity index (χ1n) is 5.69. The average Bonchev–Trinajstić information content (AvgIpc) is 2.77. The van der Waals surface area contributed by atoms with Crippen molar-refractivity contribution in [2.75, 3.05) is 11.3 Å². The maximum absolute atomic E-state index is 9.61. The fraction of sp³-hybridized carbons (Fsp3) is 0.182. The van der Waals surface area contributed by atoms with Crippen molar-refractivity contribution in [3.8, 4) is 5.75 Å². The largest absolute Gasteiger partial charge is 0.506 e. The van der Waals surface area contributed by atoms with E-state index in [0.717, 1.165) is 5.56 Å². The van der Waals surface area contributed by atoms with E-state index >= 15 is 0 Å². The summed E-state index contributed by atoms with van der Waals surface area (Å²) >= 11 is 6.50. The van der Waals surface area contributed by atoms with Crippen molar-refractivity contribution in [1.82, 2.24) is 14.9 Å². The number of phenols is 1. The Balaban J connectivity index is 2.12. The van der Waals surface area contributed by atoms with Crippen LogP contribution in [0.25, 0.3) is 0 Å². The minimum Gasteiger partial charge on any atom is -0.506 e. The Morgan fingerprint density at radius 1 is 1.40 bits per heavy atom. The smallest absolute Gasteiger partial charge is 0.263 e. The lowest BCUT2D eigenvalue weighted by molar-refractivity contribution is 0.468. The van der Waals surface area contributed by atoms with E-state index < -0.39 is 0 Å². The molecule has 0 fully saturated rings. The first-order valence-corrected chi connectivity index (χ1v) is 7.28. The number of hydrazone groups is 1. The van der Waals surface area contributed by atoms with Gasteiger partial charge < -0.3 is 10.9 Å². The topological polar surface area (TPSA) is 101 Å². The lowest BCUT2D eigenvalue weighted by Crippen LogP contribution is -2.14. The molecule has 1 heterocycles. The van der Waals surface area contributed by atoms with Crippen LogP contribution in [0.15, 0.2) is 26.2 Å². The molecular weight excluding hydrogens is 392 g/mol. The zero-order chi connectivity index (χ0) is 14.7. The van der Waals surface area contributed by atoms with Crippen LogP contribution in [-0.4, -0.2) is 26.2 Å². The Bertz CT molecular complexity index is 631. The fourth-order valence-corrected chi connectivity index (χ4v) is 2.69. The number of nitrogens with one attached hydrogen (secondary N) is 1. The van der Waals surface area contributed by atoms with Crippen molar-refractivity contribution in [1.29, 1.82) is 0 Å². The predicted octanol–water partition coefficient (Wildman–Crippen LogP) is 2.23. The Morgan fingerprint density at radius 2 is 2.05 bits per heavy atom. The number of halogens is 2. The first-order chi connectivity index (χ1) is 9.52. The number of phenolic OH excluding ortho intramolecular Hbond substituents is 1. The van der Waals surface area contributed by atoms with Gasteiger partial charge in [0, 0.05) is 6.42 Å². The summed E-state index contributed by atoms with van der Waals surface area (Å²) in [6.45, 7) is 1.94. The molecule has 0 saturated carbocycles. The van der Waals surface area contributed by atoms with Crippen LogP contribution in [0.1, 0.15) is 18.3 Å². The third kappa shape index (κ3) is 3.10. The van der Waals surface area contributed by atoms with Crippen LogP contribution < -0.4 is 11.3 Å². The number of aryl methyl sites for hydroxylation is 1. The highest BCUT2D eigenvalue weighted by molar-refractivity contribution is 9.11. The van der Waals surface area contributed by atoms with Crippen LogP contribution in [0.5, 0.6) is 5.75 Å². The summed E-state index contributed by atoms with van der Waals surface area (Å²) < 4.78 is 2.49. The van der Waals surface area contributed by atoms with E-state index in [2.05, 4.69) is 52.6 Å². The van der Waals surface area contributed by atoms with Crippen LogP contribution in [0.3, 0.4) is 0 Å². The van der Waals surface area contributed by atoms with Crippen molar-refractivity contribution < 1.29 is 5.11 Å². The van der Waals surface area contributed by atoms with E-state index in [0.29, 0.717) is 27.1 Å². The molecule has 106 valence electrons. The molecule has 2 rings (SSSR count). The molecule has 0 unspecified atom stereocenters. The van der Waals surface area contributed by atoms with Gasteiger partial charge in [0.25, 0.3) is 5.95 Å². The molecule has 0 bridgehead atoms. The van der Waals surface area contributed by atoms with Crippen molar-refractivity contribution in [2.24, 2.45) is 5.10 Å². The van der Waals surface area contributed by atoms with Gasteiger partial charge in [-0.3, -0.25) is 0 Å². The van der Waals surface area contributed by atoms with Crippen molar-refractivity contribution in [3.05, 3.63) is 32.5 Å². The first kappa shape index (κ1) is 14.8. The lowest BCUT2D eigenvalue weighted by Gasteiger charge is -2.03. The Hall–Kier alpha value is -1.61. The molecule has 2 aromatic rings. The highest BCUT2D eigenvalue weighted by Crippen LogP contribution is 2.32. The van der Waals surface area contributed by atoms with Gasteiger partial charge in [0.15, 0.2) is 5.82 Å². The van der Waals surface area contributed by atoms with Gasteiger partial charge in [0.2, 0.25) is 0 Å². The van der Waals surface area contributed by atoms with E-state index in [1.807, 2.05) is 6.92 Å². The molecule has 20 heavy (non-hydrogen) atoms. The summed E-state index contributed by atoms with van der Waals surface area (Å²) in [6.07, 6.45) is 2.27. The third-order valence-corrected chi connectivity index (χ3v) is 3.71. The number of hydrogen-bond donors (Lipinski definition) is 3. The zero-order valence-corrected chi connectivity index (χ0v) is 13.7. The number of hydrogen-bond acceptors (Lipinski definition) is 6. The number of aromatic nitrogens is 3. The van der Waals surface area contributed by atoms with E-state index in [9.17, 15) is 5.11 Å². The second-order valence-electron chi connectivity index (χ2n) is 3.87. The van der Waals surface area contributed by atoms with E-state index in [-0.39, 0.29) is 5.75 Å². The van der Waals surface area contributed by atoms with Crippen LogP contribution in [0, 0.1) is 0 Å². The molecule has 0 spiro atoms. The minimum absolute atomic E-state index is 0.143. The molecule has 0 saturated heterocycles. The van der Waals surface area contributed by atoms with Crippen LogP contribution in [0.2, 0.25) is 0 Å². The van der Waals surface area contributed by atoms with E-state index in [4.69, 9.17) is 5.84 Å². The summed E-state index contributed by atoms with van der Waals surface area (Å²) in [4.78, 5) is 0. The van der Waals surface area contributed by atoms with Gasteiger partial charge in [-0.05, 0) is 49.6 Å². The Morgan fingerprint density at radius 3 is 2.60 bits per heavy atom. The summed E-state index contributed by atoms with van der Waals surface area (Å²) in [5, 5.41) is 21.4. The highest BCUT2D eigenvalue weighted by atomic mass is 79.9. The van der Waals surface area contributed by atoms with Gasteiger partial charge >= 0.3 is 0 Å². The molecule has 4 N–H and O–H groups in total. The normalized spacial score (nSPS) is 11.2. The molecule has 0 aliphatic carbocycles. The summed E-state index contributed by atoms with van der Waals surface area (Å²) in [5.41, 5.74) is 3.50. The number of rotatable bonds is 4. The SMILES string of the molecule is CCc1nnc(N/N=C\c2cc(Br)c(O)c(Br)c2)n1N. The summed E-state index contributed by atoms with van der Waals surface area (Å²) in [6, 6.07) is 3.46. The van der Waals surface area contributed by atoms with Gasteiger partial charge in [0.05, 0.1) is 15.2 Å². The van der Waals surface area contributed by atoms with Gasteiger partial charge in [-0.2, -0.15) is 5.10 Å². The number of nitrogen functional groups attached to an aromatic ring is 1. The number of benzene rings is 1. The van der Waals surface area contributed by atoms with Crippen molar-refractivity contribution in [3.63, 3.8) is 0 Å². The maximum atomic E-state index is 9.61. The van der Waals surface area contributed by atoms with Crippen molar-refractivity contribution in [2.45, 2.75) is 13.3 Å². The van der Waals surface area contributed by atoms with E-state index in [1.54, 1.807) is 18.3 Å². The second kappa shape index (κ2) is 6.23. The number of anilines is 1. The average molecular weight is 404 g/mol. The molecular formula is C11H12Br2N6O. The molecule has 0 radical (unpaired) electrons. The third-order valence-electron chi connectivity index (χ3n) is 2.50. The Labute approximate surface area is 132 Å². The molecule has 1 aromatic heterocycles. The summed E-state index contributed by atoms with van der Waals surface area (Å²) in [7, 11) is 0. The van der Waals surface area contributed by atoms with E-state index in [1.165, 1.54) is 4.68 Å². The number of nitrogens with zero attached hydrogens (tertiary/aromatic N) is 4. The van der Waals surface area contributed by atoms with Gasteiger partial charge in [-0.25, -0.2) is 10.1 Å². The van der Waals surface area contributed by atoms with Crippen LogP contribution >= 0.6 is 31.9 Å². The molecule has 0 aliphatic heterocycles. The van der Waals surface area contributed by atoms with Gasteiger partial charge in [-0.15, -0.1) is 10.2 Å². The summed E-state index contributed by atoms with van der Waals surface area (Å²) in [5.74, 6) is 6.93. The number of nitrogens with two attached hydrogens (primary N) is 1. The lowest BCUT2D eigenvalue weighted by atomic mass is 10.2. The van der Waals surface area contributed by atoms with Gasteiger partial charge in [-0.1, -0.05) is 6.92 Å². The van der Waals surface area contributed by atoms with Crippen LogP contribution in [-0.2, 0) is 6.42 Å². The van der Waals surface area contributed by atoms with Gasteiger partial charge in [0.1, 0.15) is 5.75 Å². The molecule has 0 aliphatic rings. The van der Waals surface area contributed by atoms with Crippen molar-refractivity contribution >= 4 is 44.0 Å².